The van der Waals surface area contributed by atoms with Crippen LogP contribution in [-0.2, 0) is 10.1 Å². The summed E-state index contributed by atoms with van der Waals surface area (Å²) in [5, 5.41) is 3.41. The van der Waals surface area contributed by atoms with E-state index in [4.69, 9.17) is 0 Å². The Morgan fingerprint density at radius 3 is 2.26 bits per heavy atom. The van der Waals surface area contributed by atoms with Gasteiger partial charge >= 0.3 is 0 Å². The van der Waals surface area contributed by atoms with E-state index in [1.54, 1.807) is 19.1 Å². The Hall–Kier alpha value is -1.91. The molecular weight excluding hydrogens is 260 g/mol. The molecule has 0 unspecified atom stereocenters. The number of hydrogen-bond acceptors (Lipinski definition) is 2. The molecule has 3 aromatic carbocycles. The average Bonchev–Trinajstić information content (AvgIpc) is 2.36. The lowest BCUT2D eigenvalue weighted by Gasteiger charge is -2.09. The predicted molar refractivity (Wildman–Crippen MR) is 76.0 cm³/mol. The molecule has 0 saturated heterocycles. The third-order valence-electron chi connectivity index (χ3n) is 3.33. The van der Waals surface area contributed by atoms with Crippen LogP contribution >= 0.6 is 0 Å². The van der Waals surface area contributed by atoms with Gasteiger partial charge in [-0.25, -0.2) is 0 Å². The van der Waals surface area contributed by atoms with Gasteiger partial charge in [-0.15, -0.1) is 0 Å². The Balaban J connectivity index is 2.59. The number of aryl methyl sites for hydroxylation is 1. The van der Waals surface area contributed by atoms with E-state index in [9.17, 15) is 13.0 Å². The summed E-state index contributed by atoms with van der Waals surface area (Å²) in [5.41, 5.74) is 0.547. The van der Waals surface area contributed by atoms with Crippen molar-refractivity contribution in [2.45, 2.75) is 11.8 Å². The van der Waals surface area contributed by atoms with Crippen LogP contribution in [-0.4, -0.2) is 13.0 Å². The zero-order valence-corrected chi connectivity index (χ0v) is 11.1. The fourth-order valence-corrected chi connectivity index (χ4v) is 3.44. The number of hydrogen-bond donors (Lipinski definition) is 1. The summed E-state index contributed by atoms with van der Waals surface area (Å²) >= 11 is 0. The van der Waals surface area contributed by atoms with Gasteiger partial charge < -0.3 is 0 Å². The maximum atomic E-state index is 11.6. The molecule has 3 nitrogen and oxygen atoms in total. The Labute approximate surface area is 111 Å². The van der Waals surface area contributed by atoms with E-state index in [1.165, 1.54) is 0 Å². The standard InChI is InChI=1S/C15H12O3S/c1-10-6-8-13-12-5-3-2-4-11(12)7-9-14(13)15(10)19(16,17)18/h2-9H,1H3,(H,16,17,18). The smallest absolute Gasteiger partial charge is 0.282 e. The van der Waals surface area contributed by atoms with Gasteiger partial charge in [-0.2, -0.15) is 8.42 Å². The van der Waals surface area contributed by atoms with E-state index in [-0.39, 0.29) is 4.90 Å². The van der Waals surface area contributed by atoms with Crippen molar-refractivity contribution < 1.29 is 13.0 Å². The molecule has 0 fully saturated rings. The SMILES string of the molecule is Cc1ccc2c(ccc3ccccc32)c1S(=O)(=O)O. The Bertz CT molecular complexity index is 896. The molecule has 0 bridgehead atoms. The van der Waals surface area contributed by atoms with Gasteiger partial charge in [0.2, 0.25) is 0 Å². The van der Waals surface area contributed by atoms with Gasteiger partial charge in [-0.3, -0.25) is 4.55 Å². The fourth-order valence-electron chi connectivity index (χ4n) is 2.51. The monoisotopic (exact) mass is 272 g/mol. The van der Waals surface area contributed by atoms with Crippen molar-refractivity contribution >= 4 is 31.7 Å². The molecule has 0 saturated carbocycles. The first-order valence-electron chi connectivity index (χ1n) is 5.87. The zero-order chi connectivity index (χ0) is 13.6. The minimum absolute atomic E-state index is 0.00393. The molecule has 96 valence electrons. The second-order valence-electron chi connectivity index (χ2n) is 4.57. The second-order valence-corrected chi connectivity index (χ2v) is 5.93. The zero-order valence-electron chi connectivity index (χ0n) is 10.3. The molecule has 0 aromatic heterocycles. The Morgan fingerprint density at radius 1 is 0.842 bits per heavy atom. The molecule has 0 aliphatic rings. The number of benzene rings is 3. The average molecular weight is 272 g/mol. The summed E-state index contributed by atoms with van der Waals surface area (Å²) in [6.45, 7) is 1.68. The van der Waals surface area contributed by atoms with Gasteiger partial charge in [0.1, 0.15) is 4.90 Å². The third kappa shape index (κ3) is 1.89. The van der Waals surface area contributed by atoms with Crippen LogP contribution in [0.5, 0.6) is 0 Å². The summed E-state index contributed by atoms with van der Waals surface area (Å²) < 4.78 is 32.5. The minimum atomic E-state index is -4.23. The predicted octanol–water partition coefficient (Wildman–Crippen LogP) is 3.55. The van der Waals surface area contributed by atoms with Crippen LogP contribution in [0.3, 0.4) is 0 Å². The van der Waals surface area contributed by atoms with Gasteiger partial charge in [-0.1, -0.05) is 48.5 Å². The minimum Gasteiger partial charge on any atom is -0.282 e. The highest BCUT2D eigenvalue weighted by Crippen LogP contribution is 2.31. The quantitative estimate of drug-likeness (QED) is 0.544. The first-order valence-corrected chi connectivity index (χ1v) is 7.31. The molecule has 3 rings (SSSR count). The first kappa shape index (κ1) is 12.1. The van der Waals surface area contributed by atoms with Crippen molar-refractivity contribution in [3.8, 4) is 0 Å². The maximum absolute atomic E-state index is 11.6. The van der Waals surface area contributed by atoms with Crippen molar-refractivity contribution in [3.63, 3.8) is 0 Å². The molecule has 0 aliphatic heterocycles. The highest BCUT2D eigenvalue weighted by molar-refractivity contribution is 7.86. The van der Waals surface area contributed by atoms with Crippen LogP contribution in [0.1, 0.15) is 5.56 Å². The van der Waals surface area contributed by atoms with Crippen molar-refractivity contribution in [3.05, 3.63) is 54.1 Å². The van der Waals surface area contributed by atoms with Gasteiger partial charge in [0, 0.05) is 5.39 Å². The van der Waals surface area contributed by atoms with E-state index in [2.05, 4.69) is 0 Å². The fraction of sp³-hybridized carbons (Fsp3) is 0.0667. The molecule has 0 heterocycles. The third-order valence-corrected chi connectivity index (χ3v) is 4.39. The van der Waals surface area contributed by atoms with Crippen LogP contribution in [0.4, 0.5) is 0 Å². The van der Waals surface area contributed by atoms with Gasteiger partial charge in [0.25, 0.3) is 10.1 Å². The highest BCUT2D eigenvalue weighted by Gasteiger charge is 2.17. The summed E-state index contributed by atoms with van der Waals surface area (Å²) in [5.74, 6) is 0. The molecule has 0 amide bonds. The molecule has 0 aliphatic carbocycles. The molecule has 0 radical (unpaired) electrons. The normalized spacial score (nSPS) is 12.1. The number of rotatable bonds is 1. The van der Waals surface area contributed by atoms with Crippen LogP contribution in [0.2, 0.25) is 0 Å². The summed E-state index contributed by atoms with van der Waals surface area (Å²) in [6.07, 6.45) is 0. The van der Waals surface area contributed by atoms with Gasteiger partial charge in [-0.05, 0) is 28.6 Å². The van der Waals surface area contributed by atoms with Crippen LogP contribution in [0.25, 0.3) is 21.5 Å². The Kier molecular flexibility index (Phi) is 2.59. The lowest BCUT2D eigenvalue weighted by molar-refractivity contribution is 0.483. The lowest BCUT2D eigenvalue weighted by atomic mass is 10.0. The summed E-state index contributed by atoms with van der Waals surface area (Å²) in [6, 6.07) is 15.0. The molecule has 3 aromatic rings. The van der Waals surface area contributed by atoms with E-state index >= 15 is 0 Å². The van der Waals surface area contributed by atoms with Gasteiger partial charge in [0.05, 0.1) is 0 Å². The molecule has 19 heavy (non-hydrogen) atoms. The van der Waals surface area contributed by atoms with Crippen molar-refractivity contribution in [2.75, 3.05) is 0 Å². The Morgan fingerprint density at radius 2 is 1.53 bits per heavy atom. The molecule has 1 N–H and O–H groups in total. The highest BCUT2D eigenvalue weighted by atomic mass is 32.2. The van der Waals surface area contributed by atoms with E-state index in [0.717, 1.165) is 16.2 Å². The van der Waals surface area contributed by atoms with Crippen LogP contribution in [0.15, 0.2) is 53.4 Å². The number of fused-ring (bicyclic) bond motifs is 3. The van der Waals surface area contributed by atoms with E-state index in [1.807, 2.05) is 36.4 Å². The van der Waals surface area contributed by atoms with Crippen LogP contribution < -0.4 is 0 Å². The summed E-state index contributed by atoms with van der Waals surface area (Å²) in [4.78, 5) is -0.00393. The second kappa shape index (κ2) is 4.05. The lowest BCUT2D eigenvalue weighted by Crippen LogP contribution is -2.02. The van der Waals surface area contributed by atoms with E-state index in [0.29, 0.717) is 10.9 Å². The first-order chi connectivity index (χ1) is 8.98. The molecule has 0 atom stereocenters. The van der Waals surface area contributed by atoms with Crippen molar-refractivity contribution in [1.29, 1.82) is 0 Å². The van der Waals surface area contributed by atoms with Crippen LogP contribution in [0, 0.1) is 6.92 Å². The van der Waals surface area contributed by atoms with E-state index < -0.39 is 10.1 Å². The van der Waals surface area contributed by atoms with Crippen molar-refractivity contribution in [2.24, 2.45) is 0 Å². The molecular formula is C15H12O3S. The molecule has 4 heteroatoms. The maximum Gasteiger partial charge on any atom is 0.295 e. The van der Waals surface area contributed by atoms with Crippen molar-refractivity contribution in [1.82, 2.24) is 0 Å². The topological polar surface area (TPSA) is 54.4 Å². The largest absolute Gasteiger partial charge is 0.295 e. The van der Waals surface area contributed by atoms with Gasteiger partial charge in [0.15, 0.2) is 0 Å². The summed E-state index contributed by atoms with van der Waals surface area (Å²) in [7, 11) is -4.23. The molecule has 0 spiro atoms.